The maximum Gasteiger partial charge on any atom is 0.255 e. The zero-order valence-electron chi connectivity index (χ0n) is 11.6. The molecule has 1 aromatic rings. The van der Waals surface area contributed by atoms with Gasteiger partial charge in [0.25, 0.3) is 5.91 Å². The second-order valence-corrected chi connectivity index (χ2v) is 6.79. The van der Waals surface area contributed by atoms with E-state index in [-0.39, 0.29) is 27.4 Å². The van der Waals surface area contributed by atoms with Gasteiger partial charge in [0.2, 0.25) is 0 Å². The summed E-state index contributed by atoms with van der Waals surface area (Å²) in [5.41, 5.74) is 5.75. The molecule has 0 atom stereocenters. The van der Waals surface area contributed by atoms with Gasteiger partial charge in [-0.1, -0.05) is 11.6 Å². The van der Waals surface area contributed by atoms with Crippen LogP contribution >= 0.6 is 11.6 Å². The van der Waals surface area contributed by atoms with Crippen molar-refractivity contribution < 1.29 is 14.3 Å². The molecule has 3 aliphatic rings. The molecule has 114 valence electrons. The summed E-state index contributed by atoms with van der Waals surface area (Å²) >= 11 is 5.71. The largest absolute Gasteiger partial charge is 0.506 e. The summed E-state index contributed by atoms with van der Waals surface area (Å²) in [6.07, 6.45) is 5.09. The Balaban J connectivity index is 1.81. The van der Waals surface area contributed by atoms with E-state index in [0.29, 0.717) is 0 Å². The number of carbonyl (C=O) groups is 1. The Morgan fingerprint density at radius 2 is 1.81 bits per heavy atom. The highest BCUT2D eigenvalue weighted by Gasteiger charge is 2.47. The molecule has 4 N–H and O–H groups in total. The summed E-state index contributed by atoms with van der Waals surface area (Å²) in [4.78, 5) is 12.4. The number of carbonyl (C=O) groups excluding carboxylic acids is 1. The van der Waals surface area contributed by atoms with Gasteiger partial charge in [-0.05, 0) is 50.7 Å². The predicted molar refractivity (Wildman–Crippen MR) is 77.9 cm³/mol. The topological polar surface area (TPSA) is 75.3 Å². The number of rotatable bonds is 2. The molecule has 1 aromatic carbocycles. The number of aromatic hydroxyl groups is 1. The molecule has 3 aliphatic carbocycles. The van der Waals surface area contributed by atoms with Gasteiger partial charge in [-0.3, -0.25) is 4.79 Å². The van der Waals surface area contributed by atoms with Crippen LogP contribution in [0.2, 0.25) is 5.02 Å². The molecule has 21 heavy (non-hydrogen) atoms. The average Bonchev–Trinajstić information content (AvgIpc) is 2.44. The summed E-state index contributed by atoms with van der Waals surface area (Å²) < 4.78 is 13.4. The quantitative estimate of drug-likeness (QED) is 0.786. The van der Waals surface area contributed by atoms with Gasteiger partial charge in [-0.2, -0.15) is 0 Å². The number of phenols is 1. The second-order valence-electron chi connectivity index (χ2n) is 6.38. The standard InChI is InChI=1S/C15H18ClFN2O2/c16-11-8-9(17)7-10(12(11)20)13(21)19-15-4-1-14(18,2-5-15)3-6-15/h7-8,20H,1-6,18H2,(H,19,21). The number of halogens is 2. The molecule has 0 aromatic heterocycles. The van der Waals surface area contributed by atoms with Crippen LogP contribution in [-0.2, 0) is 0 Å². The number of hydrogen-bond acceptors (Lipinski definition) is 3. The van der Waals surface area contributed by atoms with E-state index in [2.05, 4.69) is 5.32 Å². The molecular weight excluding hydrogens is 295 g/mol. The number of nitrogens with one attached hydrogen (secondary N) is 1. The van der Waals surface area contributed by atoms with Gasteiger partial charge in [-0.15, -0.1) is 0 Å². The third-order valence-corrected chi connectivity index (χ3v) is 5.24. The van der Waals surface area contributed by atoms with Crippen LogP contribution in [0.25, 0.3) is 0 Å². The van der Waals surface area contributed by atoms with Crippen molar-refractivity contribution in [3.63, 3.8) is 0 Å². The molecule has 0 aliphatic heterocycles. The van der Waals surface area contributed by atoms with E-state index < -0.39 is 11.7 Å². The van der Waals surface area contributed by atoms with E-state index in [1.165, 1.54) is 0 Å². The minimum absolute atomic E-state index is 0.0865. The third kappa shape index (κ3) is 2.60. The lowest BCUT2D eigenvalue weighted by Crippen LogP contribution is -2.61. The minimum atomic E-state index is -0.645. The lowest BCUT2D eigenvalue weighted by atomic mass is 9.62. The lowest BCUT2D eigenvalue weighted by molar-refractivity contribution is 0.0626. The third-order valence-electron chi connectivity index (χ3n) is 4.96. The first-order valence-corrected chi connectivity index (χ1v) is 7.50. The zero-order chi connectivity index (χ0) is 15.3. The molecule has 0 saturated heterocycles. The van der Waals surface area contributed by atoms with Crippen molar-refractivity contribution in [1.29, 1.82) is 0 Å². The van der Waals surface area contributed by atoms with E-state index in [1.54, 1.807) is 0 Å². The van der Waals surface area contributed by atoms with Gasteiger partial charge in [-0.25, -0.2) is 4.39 Å². The predicted octanol–water partition coefficient (Wildman–Crippen LogP) is 2.72. The van der Waals surface area contributed by atoms with Gasteiger partial charge in [0.15, 0.2) is 0 Å². The summed E-state index contributed by atoms with van der Waals surface area (Å²) in [5, 5.41) is 12.7. The zero-order valence-corrected chi connectivity index (χ0v) is 12.3. The monoisotopic (exact) mass is 312 g/mol. The van der Waals surface area contributed by atoms with E-state index in [4.69, 9.17) is 17.3 Å². The normalized spacial score (nSPS) is 31.2. The smallest absolute Gasteiger partial charge is 0.255 e. The molecule has 6 heteroatoms. The molecule has 3 fully saturated rings. The summed E-state index contributed by atoms with van der Waals surface area (Å²) in [7, 11) is 0. The summed E-state index contributed by atoms with van der Waals surface area (Å²) in [6.45, 7) is 0. The molecule has 4 rings (SSSR count). The van der Waals surface area contributed by atoms with Crippen LogP contribution in [0.3, 0.4) is 0 Å². The number of phenolic OH excluding ortho intramolecular Hbond substituents is 1. The van der Waals surface area contributed by atoms with Crippen LogP contribution in [0.4, 0.5) is 4.39 Å². The highest BCUT2D eigenvalue weighted by Crippen LogP contribution is 2.45. The van der Waals surface area contributed by atoms with Gasteiger partial charge >= 0.3 is 0 Å². The van der Waals surface area contributed by atoms with Crippen LogP contribution in [0, 0.1) is 5.82 Å². The first-order valence-electron chi connectivity index (χ1n) is 7.12. The van der Waals surface area contributed by atoms with E-state index >= 15 is 0 Å². The van der Waals surface area contributed by atoms with Crippen LogP contribution < -0.4 is 11.1 Å². The maximum atomic E-state index is 13.4. The molecule has 0 unspecified atom stereocenters. The van der Waals surface area contributed by atoms with Crippen LogP contribution in [0.5, 0.6) is 5.75 Å². The molecule has 4 nitrogen and oxygen atoms in total. The molecule has 0 radical (unpaired) electrons. The SMILES string of the molecule is NC12CCC(NC(=O)c3cc(F)cc(Cl)c3O)(CC1)CC2. The Hall–Kier alpha value is -1.33. The van der Waals surface area contributed by atoms with Crippen molar-refractivity contribution in [2.24, 2.45) is 5.73 Å². The molecule has 3 saturated carbocycles. The fraction of sp³-hybridized carbons (Fsp3) is 0.533. The Kier molecular flexibility index (Phi) is 3.37. The Morgan fingerprint density at radius 1 is 1.24 bits per heavy atom. The number of nitrogens with two attached hydrogens (primary N) is 1. The average molecular weight is 313 g/mol. The van der Waals surface area contributed by atoms with Gasteiger partial charge < -0.3 is 16.2 Å². The number of hydrogen-bond donors (Lipinski definition) is 3. The summed E-state index contributed by atoms with van der Waals surface area (Å²) in [5.74, 6) is -1.51. The lowest BCUT2D eigenvalue weighted by Gasteiger charge is -2.52. The maximum absolute atomic E-state index is 13.4. The summed E-state index contributed by atoms with van der Waals surface area (Å²) in [6, 6.07) is 1.99. The molecular formula is C15H18ClFN2O2. The van der Waals surface area contributed by atoms with Gasteiger partial charge in [0.1, 0.15) is 11.6 Å². The number of benzene rings is 1. The van der Waals surface area contributed by atoms with Crippen molar-refractivity contribution >= 4 is 17.5 Å². The van der Waals surface area contributed by atoms with E-state index in [1.807, 2.05) is 0 Å². The first kappa shape index (κ1) is 14.6. The van der Waals surface area contributed by atoms with Gasteiger partial charge in [0, 0.05) is 11.1 Å². The van der Waals surface area contributed by atoms with E-state index in [0.717, 1.165) is 50.7 Å². The highest BCUT2D eigenvalue weighted by atomic mass is 35.5. The second kappa shape index (κ2) is 4.85. The Labute approximate surface area is 127 Å². The first-order chi connectivity index (χ1) is 9.83. The molecule has 0 heterocycles. The van der Waals surface area contributed by atoms with E-state index in [9.17, 15) is 14.3 Å². The fourth-order valence-electron chi connectivity index (χ4n) is 3.45. The van der Waals surface area contributed by atoms with Crippen molar-refractivity contribution in [1.82, 2.24) is 5.32 Å². The number of amides is 1. The van der Waals surface area contributed by atoms with Crippen molar-refractivity contribution in [3.8, 4) is 5.75 Å². The molecule has 0 spiro atoms. The van der Waals surface area contributed by atoms with Crippen molar-refractivity contribution in [2.45, 2.75) is 49.6 Å². The number of fused-ring (bicyclic) bond motifs is 3. The van der Waals surface area contributed by atoms with Crippen LogP contribution in [0.15, 0.2) is 12.1 Å². The van der Waals surface area contributed by atoms with Gasteiger partial charge in [0.05, 0.1) is 10.6 Å². The molecule has 2 bridgehead atoms. The fourth-order valence-corrected chi connectivity index (χ4v) is 3.66. The van der Waals surface area contributed by atoms with Crippen molar-refractivity contribution in [2.75, 3.05) is 0 Å². The van der Waals surface area contributed by atoms with Crippen LogP contribution in [0.1, 0.15) is 48.9 Å². The van der Waals surface area contributed by atoms with Crippen molar-refractivity contribution in [3.05, 3.63) is 28.5 Å². The molecule has 1 amide bonds. The minimum Gasteiger partial charge on any atom is -0.506 e. The Bertz CT molecular complexity index is 581. The highest BCUT2D eigenvalue weighted by molar-refractivity contribution is 6.32. The van der Waals surface area contributed by atoms with Crippen LogP contribution in [-0.4, -0.2) is 22.1 Å². The Morgan fingerprint density at radius 3 is 2.38 bits per heavy atom.